The van der Waals surface area contributed by atoms with Gasteiger partial charge in [0.25, 0.3) is 5.91 Å². The molecule has 6 nitrogen and oxygen atoms in total. The molecule has 0 saturated heterocycles. The molecular formula is C20H13F3N4O2S2. The lowest BCUT2D eigenvalue weighted by molar-refractivity contribution is 0.0945. The highest BCUT2D eigenvalue weighted by atomic mass is 32.1. The predicted octanol–water partition coefficient (Wildman–Crippen LogP) is 4.69. The fourth-order valence-electron chi connectivity index (χ4n) is 2.83. The second kappa shape index (κ2) is 8.44. The first-order valence-electron chi connectivity index (χ1n) is 8.83. The van der Waals surface area contributed by atoms with Crippen molar-refractivity contribution in [2.24, 2.45) is 0 Å². The van der Waals surface area contributed by atoms with Crippen molar-refractivity contribution in [1.82, 2.24) is 20.5 Å². The van der Waals surface area contributed by atoms with E-state index < -0.39 is 23.2 Å². The Kier molecular flexibility index (Phi) is 5.70. The number of nitrogens with one attached hydrogen (secondary N) is 1. The van der Waals surface area contributed by atoms with Crippen LogP contribution in [0.3, 0.4) is 0 Å². The predicted molar refractivity (Wildman–Crippen MR) is 110 cm³/mol. The van der Waals surface area contributed by atoms with E-state index in [4.69, 9.17) is 0 Å². The molecule has 0 aliphatic heterocycles. The number of benzene rings is 1. The number of aromatic hydroxyl groups is 1. The molecule has 3 aromatic heterocycles. The van der Waals surface area contributed by atoms with Crippen LogP contribution >= 0.6 is 22.7 Å². The van der Waals surface area contributed by atoms with E-state index in [0.29, 0.717) is 21.1 Å². The van der Waals surface area contributed by atoms with Crippen molar-refractivity contribution in [3.63, 3.8) is 0 Å². The summed E-state index contributed by atoms with van der Waals surface area (Å²) in [6.45, 7) is 1.97. The van der Waals surface area contributed by atoms with Gasteiger partial charge in [0, 0.05) is 27.6 Å². The first kappa shape index (κ1) is 20.9. The van der Waals surface area contributed by atoms with E-state index in [2.05, 4.69) is 20.5 Å². The number of phenolic OH excluding ortho intramolecular Hbond substituents is 1. The minimum absolute atomic E-state index is 0.181. The number of thiazole rings is 1. The maximum Gasteiger partial charge on any atom is 0.272 e. The maximum absolute atomic E-state index is 14.2. The van der Waals surface area contributed by atoms with Gasteiger partial charge in [-0.25, -0.2) is 13.8 Å². The van der Waals surface area contributed by atoms with Gasteiger partial charge in [0.2, 0.25) is 5.82 Å². The highest BCUT2D eigenvalue weighted by Crippen LogP contribution is 2.39. The summed E-state index contributed by atoms with van der Waals surface area (Å²) in [6, 6.07) is 5.51. The normalized spacial score (nSPS) is 11.0. The van der Waals surface area contributed by atoms with Gasteiger partial charge in [-0.15, -0.1) is 27.8 Å². The molecule has 0 aliphatic rings. The van der Waals surface area contributed by atoms with Crippen LogP contribution in [0.5, 0.6) is 5.75 Å². The summed E-state index contributed by atoms with van der Waals surface area (Å²) in [5.41, 5.74) is 1.31. The number of aryl methyl sites for hydroxylation is 1. The molecule has 1 amide bonds. The van der Waals surface area contributed by atoms with Gasteiger partial charge in [0.1, 0.15) is 5.01 Å². The van der Waals surface area contributed by atoms with Gasteiger partial charge < -0.3 is 10.4 Å². The Morgan fingerprint density at radius 2 is 2.03 bits per heavy atom. The topological polar surface area (TPSA) is 88.0 Å². The van der Waals surface area contributed by atoms with Crippen LogP contribution in [0.25, 0.3) is 20.9 Å². The molecule has 2 N–H and O–H groups in total. The Morgan fingerprint density at radius 3 is 2.77 bits per heavy atom. The van der Waals surface area contributed by atoms with E-state index in [1.807, 2.05) is 0 Å². The van der Waals surface area contributed by atoms with Crippen LogP contribution < -0.4 is 5.32 Å². The van der Waals surface area contributed by atoms with E-state index in [9.17, 15) is 23.1 Å². The Hall–Kier alpha value is -3.31. The number of rotatable bonds is 5. The number of halogens is 3. The summed E-state index contributed by atoms with van der Waals surface area (Å²) in [5, 5.41) is 21.7. The van der Waals surface area contributed by atoms with Crippen molar-refractivity contribution < 1.29 is 23.1 Å². The minimum atomic E-state index is -1.62. The Labute approximate surface area is 182 Å². The van der Waals surface area contributed by atoms with E-state index >= 15 is 0 Å². The van der Waals surface area contributed by atoms with Gasteiger partial charge in [-0.2, -0.15) is 9.49 Å². The SMILES string of the molecule is Cc1nc(CNC(=O)c2cccnn2)sc1-c1csc(-c2cc(F)c(O)c(F)c2F)c1. The summed E-state index contributed by atoms with van der Waals surface area (Å²) in [7, 11) is 0. The molecule has 0 atom stereocenters. The quantitative estimate of drug-likeness (QED) is 0.420. The lowest BCUT2D eigenvalue weighted by Gasteiger charge is -2.04. The molecule has 3 heterocycles. The molecule has 0 radical (unpaired) electrons. The van der Waals surface area contributed by atoms with Crippen molar-refractivity contribution >= 4 is 28.6 Å². The third kappa shape index (κ3) is 4.14. The maximum atomic E-state index is 14.2. The van der Waals surface area contributed by atoms with Crippen LogP contribution in [-0.4, -0.2) is 26.2 Å². The van der Waals surface area contributed by atoms with Gasteiger partial charge in [0.05, 0.1) is 17.1 Å². The van der Waals surface area contributed by atoms with Crippen molar-refractivity contribution in [2.45, 2.75) is 13.5 Å². The molecule has 0 saturated carbocycles. The number of nitrogens with zero attached hydrogens (tertiary/aromatic N) is 3. The van der Waals surface area contributed by atoms with Crippen LogP contribution in [0, 0.1) is 24.4 Å². The third-order valence-corrected chi connectivity index (χ3v) is 6.48. The van der Waals surface area contributed by atoms with Crippen molar-refractivity contribution in [3.8, 4) is 26.6 Å². The fraction of sp³-hybridized carbons (Fsp3) is 0.100. The van der Waals surface area contributed by atoms with Gasteiger partial charge in [-0.05, 0) is 31.2 Å². The van der Waals surface area contributed by atoms with Crippen molar-refractivity contribution in [1.29, 1.82) is 0 Å². The van der Waals surface area contributed by atoms with E-state index in [0.717, 1.165) is 22.3 Å². The number of phenols is 1. The Morgan fingerprint density at radius 1 is 1.23 bits per heavy atom. The summed E-state index contributed by atoms with van der Waals surface area (Å²) < 4.78 is 41.6. The van der Waals surface area contributed by atoms with Gasteiger partial charge in [-0.1, -0.05) is 0 Å². The zero-order valence-corrected chi connectivity index (χ0v) is 17.5. The summed E-state index contributed by atoms with van der Waals surface area (Å²) in [5.74, 6) is -5.91. The van der Waals surface area contributed by atoms with Crippen LogP contribution in [-0.2, 0) is 6.54 Å². The van der Waals surface area contributed by atoms with E-state index in [1.54, 1.807) is 30.5 Å². The highest BCUT2D eigenvalue weighted by molar-refractivity contribution is 7.17. The minimum Gasteiger partial charge on any atom is -0.503 e. The average Bonchev–Trinajstić information content (AvgIpc) is 3.40. The van der Waals surface area contributed by atoms with Gasteiger partial charge in [0.15, 0.2) is 23.1 Å². The molecule has 158 valence electrons. The standard InChI is InChI=1S/C20H13F3N4O2S2/c1-9-19(31-15(26-9)7-24-20(29)13-3-2-4-25-27-13)10-5-14(30-8-10)11-6-12(21)18(28)17(23)16(11)22/h2-6,8,28H,7H2,1H3,(H,24,29). The summed E-state index contributed by atoms with van der Waals surface area (Å²) in [4.78, 5) is 17.6. The molecule has 11 heteroatoms. The molecule has 0 aliphatic carbocycles. The molecular weight excluding hydrogens is 449 g/mol. The number of hydrogen-bond donors (Lipinski definition) is 2. The van der Waals surface area contributed by atoms with Crippen LogP contribution in [0.4, 0.5) is 13.2 Å². The first-order chi connectivity index (χ1) is 14.8. The largest absolute Gasteiger partial charge is 0.503 e. The zero-order chi connectivity index (χ0) is 22.1. The number of hydrogen-bond acceptors (Lipinski definition) is 7. The second-order valence-corrected chi connectivity index (χ2v) is 8.39. The zero-order valence-electron chi connectivity index (χ0n) is 15.8. The van der Waals surface area contributed by atoms with Crippen LogP contribution in [0.2, 0.25) is 0 Å². The lowest BCUT2D eigenvalue weighted by atomic mass is 10.1. The number of amides is 1. The molecule has 0 unspecified atom stereocenters. The van der Waals surface area contributed by atoms with Crippen LogP contribution in [0.1, 0.15) is 21.2 Å². The number of carbonyl (C=O) groups is 1. The van der Waals surface area contributed by atoms with E-state index in [1.165, 1.54) is 17.5 Å². The molecule has 0 spiro atoms. The summed E-state index contributed by atoms with van der Waals surface area (Å²) >= 11 is 2.44. The third-order valence-electron chi connectivity index (χ3n) is 4.31. The summed E-state index contributed by atoms with van der Waals surface area (Å²) in [6.07, 6.45) is 1.47. The molecule has 31 heavy (non-hydrogen) atoms. The smallest absolute Gasteiger partial charge is 0.272 e. The number of thiophene rings is 1. The monoisotopic (exact) mass is 462 g/mol. The van der Waals surface area contributed by atoms with Gasteiger partial charge >= 0.3 is 0 Å². The lowest BCUT2D eigenvalue weighted by Crippen LogP contribution is -2.23. The number of carbonyl (C=O) groups excluding carboxylic acids is 1. The van der Waals surface area contributed by atoms with Crippen molar-refractivity contribution in [3.05, 3.63) is 69.7 Å². The second-order valence-electron chi connectivity index (χ2n) is 6.40. The highest BCUT2D eigenvalue weighted by Gasteiger charge is 2.21. The Bertz CT molecular complexity index is 1280. The average molecular weight is 462 g/mol. The molecule has 4 rings (SSSR count). The molecule has 1 aromatic carbocycles. The molecule has 4 aromatic rings. The van der Waals surface area contributed by atoms with E-state index in [-0.39, 0.29) is 23.7 Å². The van der Waals surface area contributed by atoms with Gasteiger partial charge in [-0.3, -0.25) is 4.79 Å². The first-order valence-corrected chi connectivity index (χ1v) is 10.5. The number of aromatic nitrogens is 3. The molecule has 0 fully saturated rings. The fourth-order valence-corrected chi connectivity index (χ4v) is 4.80. The van der Waals surface area contributed by atoms with Crippen molar-refractivity contribution in [2.75, 3.05) is 0 Å². The van der Waals surface area contributed by atoms with Crippen LogP contribution in [0.15, 0.2) is 35.8 Å². The Balaban J connectivity index is 1.55. The molecule has 0 bridgehead atoms.